The van der Waals surface area contributed by atoms with E-state index in [2.05, 4.69) is 26.6 Å². The number of rotatable bonds is 5. The lowest BCUT2D eigenvalue weighted by Crippen LogP contribution is -2.51. The number of carboxylic acids is 1. The van der Waals surface area contributed by atoms with Crippen molar-refractivity contribution in [2.24, 2.45) is 0 Å². The summed E-state index contributed by atoms with van der Waals surface area (Å²) in [6.45, 7) is -0.373. The Morgan fingerprint density at radius 3 is 2.68 bits per heavy atom. The second kappa shape index (κ2) is 6.96. The topological polar surface area (TPSA) is 78.4 Å². The van der Waals surface area contributed by atoms with Gasteiger partial charge >= 0.3 is 5.97 Å². The van der Waals surface area contributed by atoms with Gasteiger partial charge in [0.2, 0.25) is 5.91 Å². The third kappa shape index (κ3) is 3.53. The van der Waals surface area contributed by atoms with Crippen molar-refractivity contribution >= 4 is 56.7 Å². The van der Waals surface area contributed by atoms with Crippen LogP contribution in [0.2, 0.25) is 10.0 Å². The fraction of sp³-hybridized carbons (Fsp3) is 0.176. The normalized spacial score (nSPS) is 18.8. The first-order chi connectivity index (χ1) is 11.8. The summed E-state index contributed by atoms with van der Waals surface area (Å²) < 4.78 is 0.619. The van der Waals surface area contributed by atoms with E-state index in [0.29, 0.717) is 25.8 Å². The van der Waals surface area contributed by atoms with E-state index in [4.69, 9.17) is 28.3 Å². The second-order valence-corrected chi connectivity index (χ2v) is 7.45. The predicted octanol–water partition coefficient (Wildman–Crippen LogP) is 3.82. The smallest absolute Gasteiger partial charge is 0.317 e. The molecule has 1 amide bonds. The highest BCUT2D eigenvalue weighted by Crippen LogP contribution is 2.44. The number of halogens is 3. The highest BCUT2D eigenvalue weighted by Gasteiger charge is 2.48. The molecule has 3 rings (SSSR count). The zero-order valence-corrected chi connectivity index (χ0v) is 15.9. The van der Waals surface area contributed by atoms with Crippen molar-refractivity contribution in [1.82, 2.24) is 5.32 Å². The van der Waals surface area contributed by atoms with Crippen molar-refractivity contribution in [3.63, 3.8) is 0 Å². The molecule has 1 atom stereocenters. The Labute approximate surface area is 162 Å². The Bertz CT molecular complexity index is 875. The summed E-state index contributed by atoms with van der Waals surface area (Å²) in [5.41, 5.74) is 0.726. The molecule has 8 heteroatoms. The van der Waals surface area contributed by atoms with E-state index < -0.39 is 11.5 Å². The number of carbonyl (C=O) groups excluding carboxylic acids is 1. The first kappa shape index (κ1) is 18.2. The van der Waals surface area contributed by atoms with Gasteiger partial charge in [0.1, 0.15) is 5.54 Å². The third-order valence-electron chi connectivity index (χ3n) is 4.02. The van der Waals surface area contributed by atoms with Crippen LogP contribution in [0.5, 0.6) is 0 Å². The molecular formula is C17H13BrCl2N2O3. The van der Waals surface area contributed by atoms with Crippen LogP contribution in [0.4, 0.5) is 5.69 Å². The number of aliphatic carboxylic acids is 1. The highest BCUT2D eigenvalue weighted by atomic mass is 79.9. The largest absolute Gasteiger partial charge is 0.480 e. The summed E-state index contributed by atoms with van der Waals surface area (Å²) in [6, 6.07) is 10.4. The molecule has 2 aromatic carbocycles. The Hall–Kier alpha value is -1.60. The average molecular weight is 444 g/mol. The van der Waals surface area contributed by atoms with Crippen molar-refractivity contribution in [2.75, 3.05) is 11.9 Å². The standard InChI is InChI=1S/C17H13BrCl2N2O3/c18-12-5-11(20)6-13-15(12)17(16(25)22-13,21-8-14(23)24)7-9-2-1-3-10(19)4-9/h1-6,21H,7-8H2,(H,22,25)(H,23,24). The average Bonchev–Trinajstić information content (AvgIpc) is 2.77. The van der Waals surface area contributed by atoms with E-state index in [0.717, 1.165) is 5.56 Å². The molecule has 0 aromatic heterocycles. The van der Waals surface area contributed by atoms with Gasteiger partial charge in [-0.05, 0) is 29.8 Å². The van der Waals surface area contributed by atoms with Crippen molar-refractivity contribution in [2.45, 2.75) is 12.0 Å². The van der Waals surface area contributed by atoms with Gasteiger partial charge in [-0.25, -0.2) is 0 Å². The number of carbonyl (C=O) groups is 2. The van der Waals surface area contributed by atoms with Gasteiger partial charge in [0, 0.05) is 32.2 Å². The van der Waals surface area contributed by atoms with Crippen LogP contribution in [0, 0.1) is 0 Å². The Morgan fingerprint density at radius 1 is 1.24 bits per heavy atom. The maximum Gasteiger partial charge on any atom is 0.317 e. The number of nitrogens with one attached hydrogen (secondary N) is 2. The fourth-order valence-corrected chi connectivity index (χ4v) is 4.39. The fourth-order valence-electron chi connectivity index (χ4n) is 3.03. The monoisotopic (exact) mass is 442 g/mol. The van der Waals surface area contributed by atoms with E-state index in [9.17, 15) is 9.59 Å². The summed E-state index contributed by atoms with van der Waals surface area (Å²) in [5.74, 6) is -1.40. The van der Waals surface area contributed by atoms with Crippen LogP contribution in [0.15, 0.2) is 40.9 Å². The van der Waals surface area contributed by atoms with Crippen LogP contribution < -0.4 is 10.6 Å². The minimum Gasteiger partial charge on any atom is -0.480 e. The van der Waals surface area contributed by atoms with Gasteiger partial charge in [-0.15, -0.1) is 0 Å². The summed E-state index contributed by atoms with van der Waals surface area (Å²) in [5, 5.41) is 15.8. The van der Waals surface area contributed by atoms with E-state index >= 15 is 0 Å². The molecule has 5 nitrogen and oxygen atoms in total. The van der Waals surface area contributed by atoms with Gasteiger partial charge in [0.25, 0.3) is 0 Å². The van der Waals surface area contributed by atoms with Crippen LogP contribution in [-0.2, 0) is 21.5 Å². The van der Waals surface area contributed by atoms with Crippen LogP contribution in [0.25, 0.3) is 0 Å². The minimum absolute atomic E-state index is 0.236. The maximum atomic E-state index is 12.9. The zero-order valence-electron chi connectivity index (χ0n) is 12.8. The number of carboxylic acid groups (broad SMARTS) is 1. The number of fused-ring (bicyclic) bond motifs is 1. The summed E-state index contributed by atoms with van der Waals surface area (Å²) in [7, 11) is 0. The molecule has 3 N–H and O–H groups in total. The molecule has 0 saturated heterocycles. The van der Waals surface area contributed by atoms with Gasteiger partial charge in [-0.1, -0.05) is 51.3 Å². The third-order valence-corrected chi connectivity index (χ3v) is 5.10. The van der Waals surface area contributed by atoms with Crippen molar-refractivity contribution in [3.8, 4) is 0 Å². The molecule has 0 bridgehead atoms. The van der Waals surface area contributed by atoms with Crippen LogP contribution in [0.1, 0.15) is 11.1 Å². The molecule has 1 unspecified atom stereocenters. The van der Waals surface area contributed by atoms with E-state index in [1.165, 1.54) is 0 Å². The van der Waals surface area contributed by atoms with Crippen LogP contribution in [-0.4, -0.2) is 23.5 Å². The molecule has 0 spiro atoms. The second-order valence-electron chi connectivity index (χ2n) is 5.72. The van der Waals surface area contributed by atoms with Gasteiger partial charge in [0.05, 0.1) is 6.54 Å². The lowest BCUT2D eigenvalue weighted by atomic mass is 9.84. The molecule has 0 saturated carbocycles. The lowest BCUT2D eigenvalue weighted by molar-refractivity contribution is -0.136. The quantitative estimate of drug-likeness (QED) is 0.656. The van der Waals surface area contributed by atoms with Crippen LogP contribution in [0.3, 0.4) is 0 Å². The summed E-state index contributed by atoms with van der Waals surface area (Å²) in [6.07, 6.45) is 0.236. The van der Waals surface area contributed by atoms with E-state index in [1.807, 2.05) is 6.07 Å². The number of anilines is 1. The maximum absolute atomic E-state index is 12.9. The van der Waals surface area contributed by atoms with Gasteiger partial charge < -0.3 is 10.4 Å². The van der Waals surface area contributed by atoms with Crippen molar-refractivity contribution in [1.29, 1.82) is 0 Å². The molecule has 1 aliphatic rings. The first-order valence-corrected chi connectivity index (χ1v) is 8.89. The number of benzene rings is 2. The molecule has 0 radical (unpaired) electrons. The van der Waals surface area contributed by atoms with Gasteiger partial charge in [-0.2, -0.15) is 0 Å². The van der Waals surface area contributed by atoms with E-state index in [-0.39, 0.29) is 18.9 Å². The molecule has 1 aliphatic heterocycles. The molecule has 0 fully saturated rings. The number of hydrogen-bond donors (Lipinski definition) is 3. The molecule has 130 valence electrons. The molecule has 0 aliphatic carbocycles. The van der Waals surface area contributed by atoms with E-state index in [1.54, 1.807) is 30.3 Å². The van der Waals surface area contributed by atoms with Gasteiger partial charge in [0.15, 0.2) is 0 Å². The number of amides is 1. The SMILES string of the molecule is O=C(O)CNC1(Cc2cccc(Cl)c2)C(=O)Nc2cc(Cl)cc(Br)c21. The molecule has 25 heavy (non-hydrogen) atoms. The number of hydrogen-bond acceptors (Lipinski definition) is 3. The van der Waals surface area contributed by atoms with Gasteiger partial charge in [-0.3, -0.25) is 14.9 Å². The minimum atomic E-state index is -1.25. The van der Waals surface area contributed by atoms with Crippen molar-refractivity contribution in [3.05, 3.63) is 62.0 Å². The molecular weight excluding hydrogens is 431 g/mol. The van der Waals surface area contributed by atoms with Crippen LogP contribution >= 0.6 is 39.1 Å². The summed E-state index contributed by atoms with van der Waals surface area (Å²) in [4.78, 5) is 24.0. The first-order valence-electron chi connectivity index (χ1n) is 7.34. The lowest BCUT2D eigenvalue weighted by Gasteiger charge is -2.29. The predicted molar refractivity (Wildman–Crippen MR) is 100 cm³/mol. The summed E-state index contributed by atoms with van der Waals surface area (Å²) >= 11 is 15.6. The zero-order chi connectivity index (χ0) is 18.2. The molecule has 2 aromatic rings. The van der Waals surface area contributed by atoms with Crippen molar-refractivity contribution < 1.29 is 14.7 Å². The molecule has 1 heterocycles. The Balaban J connectivity index is 2.13. The Morgan fingerprint density at radius 2 is 2.00 bits per heavy atom. The highest BCUT2D eigenvalue weighted by molar-refractivity contribution is 9.10. The Kier molecular flexibility index (Phi) is 5.06.